The average Bonchev–Trinajstić information content (AvgIpc) is 2.73. The quantitative estimate of drug-likeness (QED) is 0.799. The summed E-state index contributed by atoms with van der Waals surface area (Å²) in [5.74, 6) is 1.83. The van der Waals surface area contributed by atoms with Crippen LogP contribution in [0.25, 0.3) is 0 Å². The van der Waals surface area contributed by atoms with Crippen molar-refractivity contribution in [2.24, 2.45) is 5.92 Å². The molecule has 0 aliphatic carbocycles. The van der Waals surface area contributed by atoms with Crippen molar-refractivity contribution in [3.8, 4) is 0 Å². The van der Waals surface area contributed by atoms with E-state index in [1.807, 2.05) is 0 Å². The van der Waals surface area contributed by atoms with E-state index in [0.29, 0.717) is 36.1 Å². The van der Waals surface area contributed by atoms with Gasteiger partial charge in [0.2, 0.25) is 10.0 Å². The first-order chi connectivity index (χ1) is 9.41. The topological polar surface area (TPSA) is 50.5 Å². The Bertz CT molecular complexity index is 571. The Morgan fingerprint density at radius 1 is 1.25 bits per heavy atom. The van der Waals surface area contributed by atoms with Gasteiger partial charge in [-0.2, -0.15) is 4.31 Å². The summed E-state index contributed by atoms with van der Waals surface area (Å²) in [6.45, 7) is 6.78. The molecule has 0 amide bonds. The minimum Gasteiger partial charge on any atom is -0.465 e. The predicted molar refractivity (Wildman–Crippen MR) is 79.5 cm³/mol. The molecule has 0 saturated carbocycles. The molecule has 2 rings (SSSR count). The third kappa shape index (κ3) is 2.76. The molecule has 1 aromatic heterocycles. The molecule has 0 radical (unpaired) electrons. The first-order valence-corrected chi connectivity index (χ1v) is 9.04. The van der Waals surface area contributed by atoms with Crippen LogP contribution in [0.15, 0.2) is 9.31 Å². The zero-order valence-electron chi connectivity index (χ0n) is 12.3. The van der Waals surface area contributed by atoms with Crippen LogP contribution in [0.5, 0.6) is 0 Å². The Balaban J connectivity index is 2.32. The molecule has 1 saturated heterocycles. The Hall–Kier alpha value is -0.520. The fourth-order valence-electron chi connectivity index (χ4n) is 2.89. The van der Waals surface area contributed by atoms with Crippen molar-refractivity contribution in [3.63, 3.8) is 0 Å². The van der Waals surface area contributed by atoms with E-state index in [9.17, 15) is 8.42 Å². The lowest BCUT2D eigenvalue weighted by molar-refractivity contribution is 0.268. The van der Waals surface area contributed by atoms with Gasteiger partial charge in [0, 0.05) is 18.7 Å². The summed E-state index contributed by atoms with van der Waals surface area (Å²) in [6, 6.07) is 0. The lowest BCUT2D eigenvalue weighted by Gasteiger charge is -2.30. The van der Waals surface area contributed by atoms with Gasteiger partial charge >= 0.3 is 0 Å². The van der Waals surface area contributed by atoms with Crippen LogP contribution >= 0.6 is 11.6 Å². The molecule has 0 unspecified atom stereocenters. The van der Waals surface area contributed by atoms with Crippen molar-refractivity contribution in [1.29, 1.82) is 0 Å². The number of rotatable bonds is 4. The van der Waals surface area contributed by atoms with E-state index >= 15 is 0 Å². The normalized spacial score (nSPS) is 18.6. The first-order valence-electron chi connectivity index (χ1n) is 7.06. The van der Waals surface area contributed by atoms with E-state index in [1.54, 1.807) is 18.2 Å². The maximum Gasteiger partial charge on any atom is 0.246 e. The number of halogens is 1. The van der Waals surface area contributed by atoms with E-state index < -0.39 is 10.0 Å². The van der Waals surface area contributed by atoms with Crippen molar-refractivity contribution in [1.82, 2.24) is 4.31 Å². The second-order valence-electron chi connectivity index (χ2n) is 5.41. The highest BCUT2D eigenvalue weighted by atomic mass is 35.5. The molecular formula is C14H22ClNO3S. The van der Waals surface area contributed by atoms with Crippen LogP contribution in [0.1, 0.15) is 43.3 Å². The predicted octanol–water partition coefficient (Wildman–Crippen LogP) is 3.45. The minimum atomic E-state index is -3.49. The summed E-state index contributed by atoms with van der Waals surface area (Å²) in [4.78, 5) is 0.278. The third-order valence-electron chi connectivity index (χ3n) is 4.21. The molecule has 20 heavy (non-hydrogen) atoms. The number of alkyl halides is 1. The Morgan fingerprint density at radius 3 is 2.35 bits per heavy atom. The van der Waals surface area contributed by atoms with Gasteiger partial charge in [-0.15, -0.1) is 11.6 Å². The number of piperidine rings is 1. The van der Waals surface area contributed by atoms with Gasteiger partial charge in [-0.05, 0) is 32.6 Å². The molecule has 6 heteroatoms. The summed E-state index contributed by atoms with van der Waals surface area (Å²) in [5.41, 5.74) is 0.599. The fourth-order valence-corrected chi connectivity index (χ4v) is 5.17. The molecule has 0 N–H and O–H groups in total. The van der Waals surface area contributed by atoms with E-state index in [-0.39, 0.29) is 10.8 Å². The molecule has 1 aliphatic rings. The van der Waals surface area contributed by atoms with Gasteiger partial charge in [0.15, 0.2) is 0 Å². The number of nitrogens with zero attached hydrogens (tertiary/aromatic N) is 1. The summed E-state index contributed by atoms with van der Waals surface area (Å²) < 4.78 is 32.6. The zero-order chi connectivity index (χ0) is 14.9. The molecule has 0 spiro atoms. The molecule has 1 aromatic rings. The molecule has 0 aromatic carbocycles. The van der Waals surface area contributed by atoms with Crippen LogP contribution in [-0.4, -0.2) is 25.8 Å². The summed E-state index contributed by atoms with van der Waals surface area (Å²) >= 11 is 5.90. The van der Waals surface area contributed by atoms with Gasteiger partial charge in [-0.25, -0.2) is 8.42 Å². The monoisotopic (exact) mass is 319 g/mol. The zero-order valence-corrected chi connectivity index (χ0v) is 13.9. The van der Waals surface area contributed by atoms with Crippen molar-refractivity contribution in [3.05, 3.63) is 17.1 Å². The van der Waals surface area contributed by atoms with Crippen molar-refractivity contribution < 1.29 is 12.8 Å². The first kappa shape index (κ1) is 15.9. The molecule has 114 valence electrons. The lowest BCUT2D eigenvalue weighted by Crippen LogP contribution is -2.38. The average molecular weight is 320 g/mol. The summed E-state index contributed by atoms with van der Waals surface area (Å²) in [7, 11) is -3.49. The van der Waals surface area contributed by atoms with E-state index in [4.69, 9.17) is 16.0 Å². The number of furan rings is 1. The van der Waals surface area contributed by atoms with E-state index in [0.717, 1.165) is 19.3 Å². The SMILES string of the molecule is CCC1CCN(S(=O)(=O)c2c(C)oc(C)c2CCl)CC1. The molecule has 1 fully saturated rings. The molecule has 0 atom stereocenters. The maximum atomic E-state index is 12.8. The Kier molecular flexibility index (Phi) is 4.82. The standard InChI is InChI=1S/C14H22ClNO3S/c1-4-12-5-7-16(8-6-12)20(17,18)14-11(3)19-10(2)13(14)9-15/h12H,4-9H2,1-3H3. The largest absolute Gasteiger partial charge is 0.465 e. The Morgan fingerprint density at radius 2 is 1.85 bits per heavy atom. The number of hydrogen-bond acceptors (Lipinski definition) is 3. The highest BCUT2D eigenvalue weighted by Gasteiger charge is 2.34. The second kappa shape index (κ2) is 6.08. The summed E-state index contributed by atoms with van der Waals surface area (Å²) in [5, 5.41) is 0. The molecule has 2 heterocycles. The smallest absolute Gasteiger partial charge is 0.246 e. The highest BCUT2D eigenvalue weighted by molar-refractivity contribution is 7.89. The Labute approximate surface area is 126 Å². The van der Waals surface area contributed by atoms with Gasteiger partial charge in [-0.3, -0.25) is 0 Å². The highest BCUT2D eigenvalue weighted by Crippen LogP contribution is 2.32. The van der Waals surface area contributed by atoms with Gasteiger partial charge in [0.25, 0.3) is 0 Å². The number of sulfonamides is 1. The second-order valence-corrected chi connectivity index (χ2v) is 7.55. The molecule has 4 nitrogen and oxygen atoms in total. The van der Waals surface area contributed by atoms with Crippen molar-refractivity contribution >= 4 is 21.6 Å². The van der Waals surface area contributed by atoms with Gasteiger partial charge in [-0.1, -0.05) is 13.3 Å². The number of aryl methyl sites for hydroxylation is 2. The van der Waals surface area contributed by atoms with Crippen LogP contribution < -0.4 is 0 Å². The van der Waals surface area contributed by atoms with Gasteiger partial charge in [0.05, 0.1) is 5.88 Å². The van der Waals surface area contributed by atoms with Crippen molar-refractivity contribution in [2.45, 2.75) is 50.8 Å². The summed E-state index contributed by atoms with van der Waals surface area (Å²) in [6.07, 6.45) is 2.98. The number of hydrogen-bond donors (Lipinski definition) is 0. The molecule has 0 bridgehead atoms. The van der Waals surface area contributed by atoms with Crippen molar-refractivity contribution in [2.75, 3.05) is 13.1 Å². The maximum absolute atomic E-state index is 12.8. The minimum absolute atomic E-state index is 0.156. The van der Waals surface area contributed by atoms with Gasteiger partial charge in [0.1, 0.15) is 16.4 Å². The third-order valence-corrected chi connectivity index (χ3v) is 6.57. The van der Waals surface area contributed by atoms with Gasteiger partial charge < -0.3 is 4.42 Å². The van der Waals surface area contributed by atoms with Crippen LogP contribution in [0.3, 0.4) is 0 Å². The molecule has 1 aliphatic heterocycles. The van der Waals surface area contributed by atoms with Crippen LogP contribution in [-0.2, 0) is 15.9 Å². The van der Waals surface area contributed by atoms with E-state index in [1.165, 1.54) is 0 Å². The fraction of sp³-hybridized carbons (Fsp3) is 0.714. The lowest BCUT2D eigenvalue weighted by atomic mass is 9.96. The van der Waals surface area contributed by atoms with E-state index in [2.05, 4.69) is 6.92 Å². The van der Waals surface area contributed by atoms with Crippen LogP contribution in [0.4, 0.5) is 0 Å². The van der Waals surface area contributed by atoms with Crippen LogP contribution in [0.2, 0.25) is 0 Å². The van der Waals surface area contributed by atoms with Crippen LogP contribution in [0, 0.1) is 19.8 Å². The molecular weight excluding hydrogens is 298 g/mol.